The summed E-state index contributed by atoms with van der Waals surface area (Å²) in [6.45, 7) is 5.66. The molecule has 7 heteroatoms. The molecule has 1 saturated heterocycles. The van der Waals surface area contributed by atoms with Gasteiger partial charge in [0.15, 0.2) is 11.5 Å². The van der Waals surface area contributed by atoms with Crippen LogP contribution in [0.3, 0.4) is 0 Å². The van der Waals surface area contributed by atoms with Crippen molar-refractivity contribution in [3.05, 3.63) is 64.4 Å². The Hall–Kier alpha value is -3.03. The summed E-state index contributed by atoms with van der Waals surface area (Å²) in [5.41, 5.74) is 2.13. The van der Waals surface area contributed by atoms with Gasteiger partial charge >= 0.3 is 0 Å². The van der Waals surface area contributed by atoms with Crippen LogP contribution >= 0.6 is 0 Å². The standard InChI is InChI=1S/C26H31N3O4/c1-31-24-17-26(30)29(22-5-3-2-4-21(22)24)13-12-28-10-8-20(9-11-28)27-18-19-6-7-23-25(16-19)33-15-14-32-23/h2-7,16-17,20,27H,8-15,18H2,1H3. The van der Waals surface area contributed by atoms with E-state index in [0.29, 0.717) is 31.5 Å². The van der Waals surface area contributed by atoms with E-state index in [1.54, 1.807) is 13.2 Å². The average Bonchev–Trinajstić information content (AvgIpc) is 2.87. The lowest BCUT2D eigenvalue weighted by Gasteiger charge is -2.32. The third kappa shape index (κ3) is 4.84. The maximum atomic E-state index is 12.7. The van der Waals surface area contributed by atoms with E-state index in [2.05, 4.69) is 22.3 Å². The molecule has 0 spiro atoms. The minimum Gasteiger partial charge on any atom is -0.496 e. The van der Waals surface area contributed by atoms with Crippen LogP contribution in [0.2, 0.25) is 0 Å². The van der Waals surface area contributed by atoms with Gasteiger partial charge in [0.1, 0.15) is 19.0 Å². The smallest absolute Gasteiger partial charge is 0.254 e. The van der Waals surface area contributed by atoms with Gasteiger partial charge in [-0.3, -0.25) is 4.79 Å². The molecule has 0 unspecified atom stereocenters. The van der Waals surface area contributed by atoms with E-state index in [9.17, 15) is 4.79 Å². The summed E-state index contributed by atoms with van der Waals surface area (Å²) in [4.78, 5) is 15.1. The van der Waals surface area contributed by atoms with E-state index in [1.165, 1.54) is 5.56 Å². The Bertz CT molecular complexity index is 1170. The molecule has 0 radical (unpaired) electrons. The maximum Gasteiger partial charge on any atom is 0.254 e. The fraction of sp³-hybridized carbons (Fsp3) is 0.423. The van der Waals surface area contributed by atoms with Gasteiger partial charge in [-0.25, -0.2) is 0 Å². The Morgan fingerprint density at radius 3 is 2.61 bits per heavy atom. The number of rotatable bonds is 7. The molecule has 0 bridgehead atoms. The van der Waals surface area contributed by atoms with E-state index in [4.69, 9.17) is 14.2 Å². The van der Waals surface area contributed by atoms with Gasteiger partial charge in [0, 0.05) is 37.1 Å². The minimum absolute atomic E-state index is 0.0125. The van der Waals surface area contributed by atoms with E-state index >= 15 is 0 Å². The number of hydrogen-bond donors (Lipinski definition) is 1. The predicted octanol–water partition coefficient (Wildman–Crippen LogP) is 3.04. The first-order chi connectivity index (χ1) is 16.2. The first-order valence-corrected chi connectivity index (χ1v) is 11.7. The number of fused-ring (bicyclic) bond motifs is 2. The number of benzene rings is 2. The molecule has 0 atom stereocenters. The molecule has 2 aliphatic heterocycles. The summed E-state index contributed by atoms with van der Waals surface area (Å²) in [7, 11) is 1.61. The minimum atomic E-state index is -0.0125. The highest BCUT2D eigenvalue weighted by Gasteiger charge is 2.20. The van der Waals surface area contributed by atoms with Crippen LogP contribution in [-0.2, 0) is 13.1 Å². The molecular weight excluding hydrogens is 418 g/mol. The zero-order valence-corrected chi connectivity index (χ0v) is 19.1. The van der Waals surface area contributed by atoms with E-state index in [1.807, 2.05) is 34.9 Å². The Morgan fingerprint density at radius 1 is 1.00 bits per heavy atom. The van der Waals surface area contributed by atoms with Gasteiger partial charge in [0.25, 0.3) is 5.56 Å². The molecule has 1 aromatic heterocycles. The number of aromatic nitrogens is 1. The maximum absolute atomic E-state index is 12.7. The highest BCUT2D eigenvalue weighted by molar-refractivity contribution is 5.85. The van der Waals surface area contributed by atoms with Gasteiger partial charge in [-0.2, -0.15) is 0 Å². The summed E-state index contributed by atoms with van der Waals surface area (Å²) in [5, 5.41) is 4.67. The Kier molecular flexibility index (Phi) is 6.51. The van der Waals surface area contributed by atoms with Gasteiger partial charge < -0.3 is 29.0 Å². The number of hydrogen-bond acceptors (Lipinski definition) is 6. The SMILES string of the molecule is COc1cc(=O)n(CCN2CCC(NCc3ccc4c(c3)OCCO4)CC2)c2ccccc12. The van der Waals surface area contributed by atoms with Crippen LogP contribution in [0.25, 0.3) is 10.9 Å². The highest BCUT2D eigenvalue weighted by atomic mass is 16.6. The van der Waals surface area contributed by atoms with Crippen molar-refractivity contribution in [3.63, 3.8) is 0 Å². The van der Waals surface area contributed by atoms with E-state index in [-0.39, 0.29) is 5.56 Å². The number of piperidine rings is 1. The molecule has 33 heavy (non-hydrogen) atoms. The molecule has 5 rings (SSSR count). The van der Waals surface area contributed by atoms with Crippen molar-refractivity contribution in [2.75, 3.05) is 40.0 Å². The third-order valence-electron chi connectivity index (χ3n) is 6.63. The lowest BCUT2D eigenvalue weighted by molar-refractivity contribution is 0.171. The number of likely N-dealkylation sites (tertiary alicyclic amines) is 1. The van der Waals surface area contributed by atoms with Crippen molar-refractivity contribution in [1.82, 2.24) is 14.8 Å². The second-order valence-corrected chi connectivity index (χ2v) is 8.69. The lowest BCUT2D eigenvalue weighted by Crippen LogP contribution is -2.43. The molecule has 1 fully saturated rings. The fourth-order valence-electron chi connectivity index (χ4n) is 4.77. The molecule has 0 aliphatic carbocycles. The summed E-state index contributed by atoms with van der Waals surface area (Å²) in [6.07, 6.45) is 2.20. The Labute approximate surface area is 193 Å². The largest absolute Gasteiger partial charge is 0.496 e. The van der Waals surface area contributed by atoms with Crippen molar-refractivity contribution in [1.29, 1.82) is 0 Å². The molecule has 7 nitrogen and oxygen atoms in total. The molecule has 2 aromatic carbocycles. The van der Waals surface area contributed by atoms with Crippen LogP contribution in [0.1, 0.15) is 18.4 Å². The van der Waals surface area contributed by atoms with Crippen LogP contribution in [0.5, 0.6) is 17.2 Å². The van der Waals surface area contributed by atoms with Gasteiger partial charge in [-0.1, -0.05) is 18.2 Å². The van der Waals surface area contributed by atoms with Gasteiger partial charge in [0.05, 0.1) is 12.6 Å². The second kappa shape index (κ2) is 9.85. The number of ether oxygens (including phenoxy) is 3. The average molecular weight is 450 g/mol. The van der Waals surface area contributed by atoms with E-state index < -0.39 is 0 Å². The lowest BCUT2D eigenvalue weighted by atomic mass is 10.0. The summed E-state index contributed by atoms with van der Waals surface area (Å²) < 4.78 is 18.6. The molecule has 3 aromatic rings. The van der Waals surface area contributed by atoms with Gasteiger partial charge in [-0.15, -0.1) is 0 Å². The molecule has 174 valence electrons. The first-order valence-electron chi connectivity index (χ1n) is 11.7. The summed E-state index contributed by atoms with van der Waals surface area (Å²) in [5.74, 6) is 2.32. The molecule has 0 amide bonds. The van der Waals surface area contributed by atoms with E-state index in [0.717, 1.165) is 61.4 Å². The Balaban J connectivity index is 1.14. The van der Waals surface area contributed by atoms with Crippen LogP contribution in [-0.4, -0.2) is 55.5 Å². The molecule has 3 heterocycles. The van der Waals surface area contributed by atoms with Crippen molar-refractivity contribution < 1.29 is 14.2 Å². The molecular formula is C26H31N3O4. The second-order valence-electron chi connectivity index (χ2n) is 8.69. The van der Waals surface area contributed by atoms with Gasteiger partial charge in [0.2, 0.25) is 0 Å². The van der Waals surface area contributed by atoms with Crippen LogP contribution in [0, 0.1) is 0 Å². The number of pyridine rings is 1. The monoisotopic (exact) mass is 449 g/mol. The third-order valence-corrected chi connectivity index (χ3v) is 6.63. The summed E-state index contributed by atoms with van der Waals surface area (Å²) >= 11 is 0. The topological polar surface area (TPSA) is 65.0 Å². The van der Waals surface area contributed by atoms with Crippen molar-refractivity contribution in [2.24, 2.45) is 0 Å². The summed E-state index contributed by atoms with van der Waals surface area (Å²) in [6, 6.07) is 16.2. The van der Waals surface area contributed by atoms with Crippen molar-refractivity contribution >= 4 is 10.9 Å². The zero-order valence-electron chi connectivity index (χ0n) is 19.1. The van der Waals surface area contributed by atoms with Crippen LogP contribution < -0.4 is 25.1 Å². The number of para-hydroxylation sites is 1. The number of methoxy groups -OCH3 is 1. The fourth-order valence-corrected chi connectivity index (χ4v) is 4.77. The number of nitrogens with zero attached hydrogens (tertiary/aromatic N) is 2. The first kappa shape index (κ1) is 21.8. The van der Waals surface area contributed by atoms with Crippen LogP contribution in [0.4, 0.5) is 0 Å². The van der Waals surface area contributed by atoms with Gasteiger partial charge in [-0.05, 0) is 55.8 Å². The molecule has 2 aliphatic rings. The highest BCUT2D eigenvalue weighted by Crippen LogP contribution is 2.30. The van der Waals surface area contributed by atoms with Crippen molar-refractivity contribution in [3.8, 4) is 17.2 Å². The van der Waals surface area contributed by atoms with Crippen LogP contribution in [0.15, 0.2) is 53.3 Å². The Morgan fingerprint density at radius 2 is 1.79 bits per heavy atom. The molecule has 1 N–H and O–H groups in total. The predicted molar refractivity (Wildman–Crippen MR) is 128 cm³/mol. The van der Waals surface area contributed by atoms with Crippen molar-refractivity contribution in [2.45, 2.75) is 32.0 Å². The zero-order chi connectivity index (χ0) is 22.6. The molecule has 0 saturated carbocycles. The normalized spacial score (nSPS) is 16.8. The number of nitrogens with one attached hydrogen (secondary N) is 1. The quantitative estimate of drug-likeness (QED) is 0.598.